The van der Waals surface area contributed by atoms with Crippen molar-refractivity contribution in [2.75, 3.05) is 14.1 Å². The van der Waals surface area contributed by atoms with Crippen LogP contribution in [0.25, 0.3) is 0 Å². The van der Waals surface area contributed by atoms with Crippen LogP contribution in [0.2, 0.25) is 0 Å². The minimum atomic E-state index is -0.812. The van der Waals surface area contributed by atoms with Gasteiger partial charge in [-0.2, -0.15) is 0 Å². The van der Waals surface area contributed by atoms with Crippen LogP contribution in [0.1, 0.15) is 41.0 Å². The van der Waals surface area contributed by atoms with Crippen LogP contribution in [0.3, 0.4) is 0 Å². The summed E-state index contributed by atoms with van der Waals surface area (Å²) in [7, 11) is 3.87. The highest BCUT2D eigenvalue weighted by Crippen LogP contribution is 2.24. The molecular formula is C12H26N2O. The van der Waals surface area contributed by atoms with Crippen LogP contribution in [-0.4, -0.2) is 41.6 Å². The number of hydrogen-bond acceptors (Lipinski definition) is 2. The van der Waals surface area contributed by atoms with Crippen LogP contribution in [0.15, 0.2) is 4.99 Å². The third-order valence-electron chi connectivity index (χ3n) is 2.69. The van der Waals surface area contributed by atoms with Crippen molar-refractivity contribution in [2.45, 2.75) is 52.7 Å². The van der Waals surface area contributed by atoms with Crippen LogP contribution in [-0.2, 0) is 0 Å². The second-order valence-electron chi connectivity index (χ2n) is 4.87. The minimum Gasteiger partial charge on any atom is -0.382 e. The van der Waals surface area contributed by atoms with Gasteiger partial charge in [0.15, 0.2) is 0 Å². The second-order valence-corrected chi connectivity index (χ2v) is 4.87. The Morgan fingerprint density at radius 2 is 1.73 bits per heavy atom. The maximum Gasteiger partial charge on any atom is 0.131 e. The molecule has 0 saturated heterocycles. The summed E-state index contributed by atoms with van der Waals surface area (Å²) in [6.45, 7) is 10.1. The topological polar surface area (TPSA) is 35.8 Å². The average molecular weight is 214 g/mol. The van der Waals surface area contributed by atoms with Crippen LogP contribution in [0.4, 0.5) is 0 Å². The molecule has 1 unspecified atom stereocenters. The monoisotopic (exact) mass is 214 g/mol. The van der Waals surface area contributed by atoms with E-state index in [0.717, 1.165) is 5.84 Å². The van der Waals surface area contributed by atoms with Crippen LogP contribution < -0.4 is 0 Å². The molecule has 0 fully saturated rings. The van der Waals surface area contributed by atoms with Gasteiger partial charge < -0.3 is 10.0 Å². The van der Waals surface area contributed by atoms with Gasteiger partial charge in [-0.3, -0.25) is 4.99 Å². The Morgan fingerprint density at radius 3 is 1.93 bits per heavy atom. The predicted molar refractivity (Wildman–Crippen MR) is 66.3 cm³/mol. The van der Waals surface area contributed by atoms with Gasteiger partial charge in [-0.15, -0.1) is 0 Å². The number of aliphatic hydroxyl groups is 1. The fourth-order valence-electron chi connectivity index (χ4n) is 1.68. The fourth-order valence-corrected chi connectivity index (χ4v) is 1.68. The number of rotatable bonds is 4. The van der Waals surface area contributed by atoms with Crippen molar-refractivity contribution in [3.8, 4) is 0 Å². The smallest absolute Gasteiger partial charge is 0.131 e. The van der Waals surface area contributed by atoms with Gasteiger partial charge in [0.1, 0.15) is 11.4 Å². The van der Waals surface area contributed by atoms with Crippen LogP contribution in [0.5, 0.6) is 0 Å². The normalized spacial score (nSPS) is 17.1. The van der Waals surface area contributed by atoms with Gasteiger partial charge in [-0.1, -0.05) is 20.8 Å². The zero-order valence-corrected chi connectivity index (χ0v) is 11.2. The molecule has 0 heterocycles. The van der Waals surface area contributed by atoms with E-state index in [9.17, 15) is 5.11 Å². The molecule has 1 N–H and O–H groups in total. The zero-order chi connectivity index (χ0) is 12.2. The zero-order valence-electron chi connectivity index (χ0n) is 11.2. The maximum atomic E-state index is 10.6. The number of amidine groups is 1. The van der Waals surface area contributed by atoms with Gasteiger partial charge in [-0.05, 0) is 26.2 Å². The van der Waals surface area contributed by atoms with Crippen LogP contribution in [0, 0.1) is 5.92 Å². The number of nitrogens with zero attached hydrogens (tertiary/aromatic N) is 2. The summed E-state index contributed by atoms with van der Waals surface area (Å²) in [5.41, 5.74) is -0.812. The van der Waals surface area contributed by atoms with Crippen molar-refractivity contribution in [3.63, 3.8) is 0 Å². The molecule has 0 radical (unpaired) electrons. The van der Waals surface area contributed by atoms with Crippen molar-refractivity contribution in [1.29, 1.82) is 0 Å². The first-order valence-electron chi connectivity index (χ1n) is 5.73. The minimum absolute atomic E-state index is 0.169. The fraction of sp³-hybridized carbons (Fsp3) is 0.917. The lowest BCUT2D eigenvalue weighted by Crippen LogP contribution is -2.50. The van der Waals surface area contributed by atoms with Crippen molar-refractivity contribution in [2.24, 2.45) is 10.9 Å². The van der Waals surface area contributed by atoms with E-state index in [-0.39, 0.29) is 12.0 Å². The highest BCUT2D eigenvalue weighted by atomic mass is 16.3. The molecule has 3 nitrogen and oxygen atoms in total. The second kappa shape index (κ2) is 5.50. The highest BCUT2D eigenvalue weighted by Gasteiger charge is 2.36. The lowest BCUT2D eigenvalue weighted by molar-refractivity contribution is 0.0493. The molecule has 0 aromatic rings. The van der Waals surface area contributed by atoms with Crippen molar-refractivity contribution in [1.82, 2.24) is 4.90 Å². The summed E-state index contributed by atoms with van der Waals surface area (Å²) in [6.07, 6.45) is 0.689. The Kier molecular flexibility index (Phi) is 5.29. The first-order chi connectivity index (χ1) is 6.75. The van der Waals surface area contributed by atoms with Gasteiger partial charge in [0.25, 0.3) is 0 Å². The van der Waals surface area contributed by atoms with E-state index in [1.54, 1.807) is 0 Å². The molecule has 1 atom stereocenters. The quantitative estimate of drug-likeness (QED) is 0.575. The molecule has 0 aliphatic heterocycles. The largest absolute Gasteiger partial charge is 0.382 e. The first kappa shape index (κ1) is 14.4. The Morgan fingerprint density at radius 1 is 1.27 bits per heavy atom. The van der Waals surface area contributed by atoms with Crippen molar-refractivity contribution < 1.29 is 5.11 Å². The molecule has 0 spiro atoms. The summed E-state index contributed by atoms with van der Waals surface area (Å²) in [4.78, 5) is 6.45. The molecule has 15 heavy (non-hydrogen) atoms. The summed E-state index contributed by atoms with van der Waals surface area (Å²) in [5, 5.41) is 10.6. The van der Waals surface area contributed by atoms with E-state index in [1.807, 2.05) is 53.6 Å². The van der Waals surface area contributed by atoms with Gasteiger partial charge in [0, 0.05) is 20.1 Å². The third kappa shape index (κ3) is 3.49. The molecule has 0 amide bonds. The molecule has 0 bridgehead atoms. The van der Waals surface area contributed by atoms with Gasteiger partial charge in [0.2, 0.25) is 0 Å². The van der Waals surface area contributed by atoms with Crippen LogP contribution >= 0.6 is 0 Å². The standard InChI is InChI=1S/C12H26N2O/c1-8-12(15,9(2)3)11(14(6)7)13-10(4)5/h9-10,15H,8H2,1-7H3. The molecular weight excluding hydrogens is 188 g/mol. The molecule has 3 heteroatoms. The molecule has 0 aliphatic carbocycles. The van der Waals surface area contributed by atoms with E-state index < -0.39 is 5.60 Å². The maximum absolute atomic E-state index is 10.6. The summed E-state index contributed by atoms with van der Waals surface area (Å²) >= 11 is 0. The Hall–Kier alpha value is -0.570. The van der Waals surface area contributed by atoms with E-state index >= 15 is 0 Å². The molecule has 0 aromatic heterocycles. The summed E-state index contributed by atoms with van der Waals surface area (Å²) in [5.74, 6) is 0.956. The third-order valence-corrected chi connectivity index (χ3v) is 2.69. The molecule has 0 saturated carbocycles. The molecule has 0 aromatic carbocycles. The lowest BCUT2D eigenvalue weighted by Gasteiger charge is -2.36. The van der Waals surface area contributed by atoms with E-state index in [2.05, 4.69) is 4.99 Å². The summed E-state index contributed by atoms with van der Waals surface area (Å²) in [6, 6.07) is 0.208. The van der Waals surface area contributed by atoms with E-state index in [0.29, 0.717) is 6.42 Å². The lowest BCUT2D eigenvalue weighted by atomic mass is 9.86. The van der Waals surface area contributed by atoms with Gasteiger partial charge >= 0.3 is 0 Å². The number of likely N-dealkylation sites (N-methyl/N-ethyl adjacent to an activating group) is 1. The predicted octanol–water partition coefficient (Wildman–Crippen LogP) is 2.15. The van der Waals surface area contributed by atoms with Gasteiger partial charge in [-0.25, -0.2) is 0 Å². The molecule has 90 valence electrons. The SMILES string of the molecule is CCC(O)(C(=NC(C)C)N(C)C)C(C)C. The highest BCUT2D eigenvalue weighted by molar-refractivity contribution is 5.90. The average Bonchev–Trinajstić information content (AvgIpc) is 2.12. The van der Waals surface area contributed by atoms with Crippen molar-refractivity contribution >= 4 is 5.84 Å². The first-order valence-corrected chi connectivity index (χ1v) is 5.73. The number of aliphatic imine (C=N–C) groups is 1. The molecule has 0 rings (SSSR count). The Balaban J connectivity index is 5.22. The Labute approximate surface area is 94.2 Å². The number of hydrogen-bond donors (Lipinski definition) is 1. The van der Waals surface area contributed by atoms with E-state index in [1.165, 1.54) is 0 Å². The Bertz CT molecular complexity index is 222. The van der Waals surface area contributed by atoms with Gasteiger partial charge in [0.05, 0.1) is 0 Å². The van der Waals surface area contributed by atoms with E-state index in [4.69, 9.17) is 0 Å². The van der Waals surface area contributed by atoms with Crippen molar-refractivity contribution in [3.05, 3.63) is 0 Å². The summed E-state index contributed by atoms with van der Waals surface area (Å²) < 4.78 is 0. The molecule has 0 aliphatic rings.